The van der Waals surface area contributed by atoms with Gasteiger partial charge in [0.05, 0.1) is 12.7 Å². The van der Waals surface area contributed by atoms with Gasteiger partial charge in [0.25, 0.3) is 0 Å². The molecular formula is C9H7FN2O3. The van der Waals surface area contributed by atoms with E-state index in [0.29, 0.717) is 0 Å². The van der Waals surface area contributed by atoms with Crippen LogP contribution in [0.2, 0.25) is 0 Å². The molecule has 1 amide bonds. The molecule has 0 heterocycles. The maximum absolute atomic E-state index is 12.9. The predicted molar refractivity (Wildman–Crippen MR) is 49.3 cm³/mol. The van der Waals surface area contributed by atoms with E-state index in [0.717, 1.165) is 12.1 Å². The first kappa shape index (κ1) is 10.8. The van der Waals surface area contributed by atoms with Crippen LogP contribution in [0.15, 0.2) is 12.1 Å². The van der Waals surface area contributed by atoms with Crippen LogP contribution in [0.5, 0.6) is 5.75 Å². The fraction of sp³-hybridized carbons (Fsp3) is 0.111. The Kier molecular flexibility index (Phi) is 3.08. The number of methoxy groups -OCH3 is 1. The van der Waals surface area contributed by atoms with Gasteiger partial charge in [0.15, 0.2) is 0 Å². The normalized spacial score (nSPS) is 9.13. The van der Waals surface area contributed by atoms with Crippen molar-refractivity contribution < 1.29 is 19.0 Å². The van der Waals surface area contributed by atoms with Crippen LogP contribution < -0.4 is 10.1 Å². The summed E-state index contributed by atoms with van der Waals surface area (Å²) in [5, 5.41) is 19.2. The first-order chi connectivity index (χ1) is 7.08. The molecule has 2 N–H and O–H groups in total. The summed E-state index contributed by atoms with van der Waals surface area (Å²) in [4.78, 5) is 10.4. The minimum Gasteiger partial charge on any atom is -0.494 e. The Balaban J connectivity index is 3.31. The molecule has 0 aromatic heterocycles. The molecule has 0 spiro atoms. The van der Waals surface area contributed by atoms with Gasteiger partial charge in [-0.15, -0.1) is 0 Å². The van der Waals surface area contributed by atoms with E-state index in [4.69, 9.17) is 15.1 Å². The van der Waals surface area contributed by atoms with E-state index in [1.165, 1.54) is 7.11 Å². The summed E-state index contributed by atoms with van der Waals surface area (Å²) >= 11 is 0. The van der Waals surface area contributed by atoms with Gasteiger partial charge in [-0.05, 0) is 6.07 Å². The van der Waals surface area contributed by atoms with Crippen LogP contribution in [0.3, 0.4) is 0 Å². The van der Waals surface area contributed by atoms with Crippen LogP contribution in [0.25, 0.3) is 0 Å². The minimum atomic E-state index is -1.35. The van der Waals surface area contributed by atoms with Crippen LogP contribution in [-0.2, 0) is 0 Å². The summed E-state index contributed by atoms with van der Waals surface area (Å²) in [6.07, 6.45) is -1.35. The molecule has 15 heavy (non-hydrogen) atoms. The fourth-order valence-corrected chi connectivity index (χ4v) is 1.07. The van der Waals surface area contributed by atoms with Gasteiger partial charge in [0, 0.05) is 6.07 Å². The second kappa shape index (κ2) is 4.28. The molecule has 0 saturated carbocycles. The van der Waals surface area contributed by atoms with Crippen molar-refractivity contribution in [1.29, 1.82) is 5.26 Å². The Morgan fingerprint density at radius 1 is 1.67 bits per heavy atom. The van der Waals surface area contributed by atoms with Crippen molar-refractivity contribution in [2.75, 3.05) is 12.4 Å². The molecule has 0 radical (unpaired) electrons. The van der Waals surface area contributed by atoms with Crippen molar-refractivity contribution in [3.63, 3.8) is 0 Å². The number of amides is 1. The number of hydrogen-bond donors (Lipinski definition) is 2. The molecule has 1 aromatic carbocycles. The molecule has 0 aliphatic heterocycles. The Hall–Kier alpha value is -2.29. The van der Waals surface area contributed by atoms with E-state index < -0.39 is 11.9 Å². The van der Waals surface area contributed by atoms with Crippen molar-refractivity contribution in [3.8, 4) is 11.8 Å². The van der Waals surface area contributed by atoms with Gasteiger partial charge in [0.1, 0.15) is 23.3 Å². The lowest BCUT2D eigenvalue weighted by Crippen LogP contribution is -2.10. The molecule has 0 fully saturated rings. The lowest BCUT2D eigenvalue weighted by atomic mass is 10.1. The van der Waals surface area contributed by atoms with Crippen molar-refractivity contribution in [2.45, 2.75) is 0 Å². The number of halogens is 1. The van der Waals surface area contributed by atoms with E-state index in [2.05, 4.69) is 0 Å². The molecule has 5 nitrogen and oxygen atoms in total. The van der Waals surface area contributed by atoms with Crippen molar-refractivity contribution in [1.82, 2.24) is 0 Å². The molecule has 0 atom stereocenters. The molecule has 0 aliphatic rings. The van der Waals surface area contributed by atoms with Crippen LogP contribution >= 0.6 is 0 Å². The average Bonchev–Trinajstić information content (AvgIpc) is 2.19. The third kappa shape index (κ3) is 2.34. The summed E-state index contributed by atoms with van der Waals surface area (Å²) in [6, 6.07) is 3.59. The summed E-state index contributed by atoms with van der Waals surface area (Å²) in [5.74, 6) is -0.701. The van der Waals surface area contributed by atoms with Crippen LogP contribution in [0.1, 0.15) is 5.56 Å². The molecule has 1 aromatic rings. The maximum atomic E-state index is 12.9. The zero-order valence-corrected chi connectivity index (χ0v) is 7.74. The molecule has 0 aliphatic carbocycles. The highest BCUT2D eigenvalue weighted by molar-refractivity contribution is 5.87. The molecule has 1 rings (SSSR count). The van der Waals surface area contributed by atoms with Gasteiger partial charge in [-0.1, -0.05) is 0 Å². The summed E-state index contributed by atoms with van der Waals surface area (Å²) in [7, 11) is 1.25. The van der Waals surface area contributed by atoms with Gasteiger partial charge in [0.2, 0.25) is 0 Å². The summed E-state index contributed by atoms with van der Waals surface area (Å²) in [5.41, 5.74) is -0.192. The zero-order valence-electron chi connectivity index (χ0n) is 7.74. The van der Waals surface area contributed by atoms with Gasteiger partial charge >= 0.3 is 6.09 Å². The SMILES string of the molecule is COc1cc(F)cc(C#N)c1NC(=O)O. The van der Waals surface area contributed by atoms with Crippen molar-refractivity contribution >= 4 is 11.8 Å². The predicted octanol–water partition coefficient (Wildman–Crippen LogP) is 1.80. The number of carbonyl (C=O) groups is 1. The number of nitrogens with one attached hydrogen (secondary N) is 1. The molecule has 0 bridgehead atoms. The number of rotatable bonds is 2. The third-order valence-corrected chi connectivity index (χ3v) is 1.64. The molecule has 6 heteroatoms. The number of benzene rings is 1. The van der Waals surface area contributed by atoms with E-state index in [-0.39, 0.29) is 17.0 Å². The van der Waals surface area contributed by atoms with Crippen molar-refractivity contribution in [3.05, 3.63) is 23.5 Å². The highest BCUT2D eigenvalue weighted by Gasteiger charge is 2.13. The Morgan fingerprint density at radius 2 is 2.33 bits per heavy atom. The molecule has 0 unspecified atom stereocenters. The van der Waals surface area contributed by atoms with Gasteiger partial charge in [-0.3, -0.25) is 5.32 Å². The Morgan fingerprint density at radius 3 is 2.80 bits per heavy atom. The van der Waals surface area contributed by atoms with Crippen LogP contribution in [0.4, 0.5) is 14.9 Å². The average molecular weight is 210 g/mol. The quantitative estimate of drug-likeness (QED) is 0.779. The molecule has 78 valence electrons. The summed E-state index contributed by atoms with van der Waals surface area (Å²) in [6.45, 7) is 0. The minimum absolute atomic E-state index is 0.0334. The first-order valence-electron chi connectivity index (χ1n) is 3.86. The number of carboxylic acid groups (broad SMARTS) is 1. The maximum Gasteiger partial charge on any atom is 0.409 e. The van der Waals surface area contributed by atoms with Crippen molar-refractivity contribution in [2.24, 2.45) is 0 Å². The lowest BCUT2D eigenvalue weighted by molar-refractivity contribution is 0.209. The first-order valence-corrected chi connectivity index (χ1v) is 3.86. The lowest BCUT2D eigenvalue weighted by Gasteiger charge is -2.09. The molecule has 0 saturated heterocycles. The fourth-order valence-electron chi connectivity index (χ4n) is 1.07. The Bertz CT molecular complexity index is 440. The van der Waals surface area contributed by atoms with Gasteiger partial charge < -0.3 is 9.84 Å². The highest BCUT2D eigenvalue weighted by atomic mass is 19.1. The number of ether oxygens (including phenoxy) is 1. The van der Waals surface area contributed by atoms with E-state index >= 15 is 0 Å². The van der Waals surface area contributed by atoms with E-state index in [1.54, 1.807) is 6.07 Å². The van der Waals surface area contributed by atoms with E-state index in [1.807, 2.05) is 5.32 Å². The molecular weight excluding hydrogens is 203 g/mol. The highest BCUT2D eigenvalue weighted by Crippen LogP contribution is 2.29. The van der Waals surface area contributed by atoms with Crippen LogP contribution in [0, 0.1) is 17.1 Å². The van der Waals surface area contributed by atoms with E-state index in [9.17, 15) is 9.18 Å². The number of hydrogen-bond acceptors (Lipinski definition) is 3. The summed E-state index contributed by atoms with van der Waals surface area (Å²) < 4.78 is 17.7. The number of nitrogens with zero attached hydrogens (tertiary/aromatic N) is 1. The van der Waals surface area contributed by atoms with Gasteiger partial charge in [-0.2, -0.15) is 5.26 Å². The number of nitriles is 1. The Labute approximate surface area is 84.7 Å². The third-order valence-electron chi connectivity index (χ3n) is 1.64. The smallest absolute Gasteiger partial charge is 0.409 e. The second-order valence-corrected chi connectivity index (χ2v) is 2.57. The topological polar surface area (TPSA) is 82.3 Å². The second-order valence-electron chi connectivity index (χ2n) is 2.57. The standard InChI is InChI=1S/C9H7FN2O3/c1-15-7-3-6(10)2-5(4-11)8(7)12-9(13)14/h2-3,12H,1H3,(H,13,14). The largest absolute Gasteiger partial charge is 0.494 e. The number of anilines is 1. The zero-order chi connectivity index (χ0) is 11.4. The van der Waals surface area contributed by atoms with Crippen LogP contribution in [-0.4, -0.2) is 18.3 Å². The monoisotopic (exact) mass is 210 g/mol. The van der Waals surface area contributed by atoms with Gasteiger partial charge in [-0.25, -0.2) is 9.18 Å².